The normalized spacial score (nSPS) is 24.6. The lowest BCUT2D eigenvalue weighted by Gasteiger charge is -2.41. The number of piperidine rings is 1. The van der Waals surface area contributed by atoms with E-state index in [0.717, 1.165) is 39.0 Å². The van der Waals surface area contributed by atoms with Gasteiger partial charge in [-0.25, -0.2) is 4.39 Å². The van der Waals surface area contributed by atoms with Crippen molar-refractivity contribution < 1.29 is 14.0 Å². The fourth-order valence-corrected chi connectivity index (χ4v) is 5.67. The molecular weight excluding hydrogens is 403 g/mol. The SMILES string of the molecule is O=C1NCCN(Cc2ccccc2F)C1CC(=O)N1CCC(N2CCSCC2)CC1. The minimum Gasteiger partial charge on any atom is -0.353 e. The quantitative estimate of drug-likeness (QED) is 0.762. The summed E-state index contributed by atoms with van der Waals surface area (Å²) in [5, 5.41) is 2.87. The Morgan fingerprint density at radius 3 is 2.57 bits per heavy atom. The van der Waals surface area contributed by atoms with E-state index in [1.807, 2.05) is 21.6 Å². The molecule has 3 aliphatic heterocycles. The summed E-state index contributed by atoms with van der Waals surface area (Å²) in [6, 6.07) is 6.67. The highest BCUT2D eigenvalue weighted by Crippen LogP contribution is 2.22. The zero-order valence-corrected chi connectivity index (χ0v) is 18.2. The lowest BCUT2D eigenvalue weighted by Crippen LogP contribution is -2.57. The van der Waals surface area contributed by atoms with Crippen LogP contribution in [0.5, 0.6) is 0 Å². The van der Waals surface area contributed by atoms with Crippen LogP contribution in [0, 0.1) is 5.82 Å². The van der Waals surface area contributed by atoms with E-state index in [2.05, 4.69) is 10.2 Å². The number of piperazine rings is 1. The first-order chi connectivity index (χ1) is 14.6. The average molecular weight is 435 g/mol. The van der Waals surface area contributed by atoms with Crippen molar-refractivity contribution in [3.63, 3.8) is 0 Å². The molecule has 1 atom stereocenters. The highest BCUT2D eigenvalue weighted by molar-refractivity contribution is 7.99. The Bertz CT molecular complexity index is 750. The largest absolute Gasteiger partial charge is 0.353 e. The Morgan fingerprint density at radius 1 is 1.10 bits per heavy atom. The fraction of sp³-hybridized carbons (Fsp3) is 0.636. The number of hydrogen-bond acceptors (Lipinski definition) is 5. The number of likely N-dealkylation sites (tertiary alicyclic amines) is 1. The lowest BCUT2D eigenvalue weighted by atomic mass is 10.0. The molecule has 3 heterocycles. The number of amides is 2. The second-order valence-corrected chi connectivity index (χ2v) is 9.56. The Balaban J connectivity index is 1.33. The summed E-state index contributed by atoms with van der Waals surface area (Å²) in [4.78, 5) is 31.9. The number of nitrogens with zero attached hydrogens (tertiary/aromatic N) is 3. The van der Waals surface area contributed by atoms with Crippen LogP contribution < -0.4 is 5.32 Å². The van der Waals surface area contributed by atoms with E-state index in [4.69, 9.17) is 0 Å². The maximum absolute atomic E-state index is 14.1. The van der Waals surface area contributed by atoms with Crippen molar-refractivity contribution in [3.05, 3.63) is 35.6 Å². The molecule has 1 unspecified atom stereocenters. The number of hydrogen-bond donors (Lipinski definition) is 1. The Hall–Kier alpha value is -1.64. The van der Waals surface area contributed by atoms with Crippen LogP contribution in [0.4, 0.5) is 4.39 Å². The van der Waals surface area contributed by atoms with E-state index in [9.17, 15) is 14.0 Å². The molecule has 3 fully saturated rings. The van der Waals surface area contributed by atoms with Crippen molar-refractivity contribution in [2.24, 2.45) is 0 Å². The van der Waals surface area contributed by atoms with Gasteiger partial charge in [-0.1, -0.05) is 18.2 Å². The van der Waals surface area contributed by atoms with Gasteiger partial charge in [0.25, 0.3) is 0 Å². The second-order valence-electron chi connectivity index (χ2n) is 8.33. The maximum Gasteiger partial charge on any atom is 0.237 e. The first-order valence-electron chi connectivity index (χ1n) is 11.0. The lowest BCUT2D eigenvalue weighted by molar-refractivity contribution is -0.140. The summed E-state index contributed by atoms with van der Waals surface area (Å²) >= 11 is 2.02. The molecule has 8 heteroatoms. The van der Waals surface area contributed by atoms with Gasteiger partial charge in [0.2, 0.25) is 11.8 Å². The topological polar surface area (TPSA) is 55.9 Å². The molecule has 0 spiro atoms. The molecule has 0 radical (unpaired) electrons. The van der Waals surface area contributed by atoms with Gasteiger partial charge in [-0.3, -0.25) is 19.4 Å². The van der Waals surface area contributed by atoms with Gasteiger partial charge in [0, 0.05) is 68.9 Å². The monoisotopic (exact) mass is 434 g/mol. The van der Waals surface area contributed by atoms with Crippen molar-refractivity contribution in [1.29, 1.82) is 0 Å². The highest BCUT2D eigenvalue weighted by Gasteiger charge is 2.34. The predicted molar refractivity (Wildman–Crippen MR) is 117 cm³/mol. The third kappa shape index (κ3) is 5.15. The van der Waals surface area contributed by atoms with Gasteiger partial charge >= 0.3 is 0 Å². The number of nitrogens with one attached hydrogen (secondary N) is 1. The van der Waals surface area contributed by atoms with Gasteiger partial charge in [0.1, 0.15) is 5.82 Å². The summed E-state index contributed by atoms with van der Waals surface area (Å²) in [5.74, 6) is 2.03. The zero-order chi connectivity index (χ0) is 20.9. The van der Waals surface area contributed by atoms with Crippen LogP contribution in [-0.2, 0) is 16.1 Å². The van der Waals surface area contributed by atoms with Crippen molar-refractivity contribution in [1.82, 2.24) is 20.0 Å². The van der Waals surface area contributed by atoms with E-state index < -0.39 is 6.04 Å². The standard InChI is InChI=1S/C22H31FN4O2S/c23-19-4-2-1-3-17(19)16-27-10-7-24-22(29)20(27)15-21(28)26-8-5-18(6-9-26)25-11-13-30-14-12-25/h1-4,18,20H,5-16H2,(H,24,29). The van der Waals surface area contributed by atoms with Crippen LogP contribution in [0.2, 0.25) is 0 Å². The summed E-state index contributed by atoms with van der Waals surface area (Å²) in [6.45, 7) is 5.30. The number of carbonyl (C=O) groups excluding carboxylic acids is 2. The molecule has 4 rings (SSSR count). The summed E-state index contributed by atoms with van der Waals surface area (Å²) in [7, 11) is 0. The molecule has 1 aromatic carbocycles. The molecule has 30 heavy (non-hydrogen) atoms. The Morgan fingerprint density at radius 2 is 1.83 bits per heavy atom. The molecule has 0 aliphatic carbocycles. The van der Waals surface area contributed by atoms with E-state index in [-0.39, 0.29) is 24.1 Å². The molecule has 1 N–H and O–H groups in total. The van der Waals surface area contributed by atoms with E-state index in [0.29, 0.717) is 31.2 Å². The molecule has 0 bridgehead atoms. The van der Waals surface area contributed by atoms with Crippen molar-refractivity contribution in [2.45, 2.75) is 37.9 Å². The Kier molecular flexibility index (Phi) is 7.28. The molecule has 164 valence electrons. The molecule has 1 aromatic rings. The molecular formula is C22H31FN4O2S. The molecule has 0 saturated carbocycles. The fourth-order valence-electron chi connectivity index (χ4n) is 4.74. The molecule has 3 saturated heterocycles. The zero-order valence-electron chi connectivity index (χ0n) is 17.4. The second kappa shape index (κ2) is 10.1. The van der Waals surface area contributed by atoms with Crippen LogP contribution in [0.3, 0.4) is 0 Å². The van der Waals surface area contributed by atoms with Gasteiger partial charge in [-0.05, 0) is 18.9 Å². The summed E-state index contributed by atoms with van der Waals surface area (Å²) in [5.41, 5.74) is 0.560. The number of carbonyl (C=O) groups is 2. The Labute approximate surface area is 182 Å². The van der Waals surface area contributed by atoms with Gasteiger partial charge in [-0.15, -0.1) is 0 Å². The van der Waals surface area contributed by atoms with Crippen LogP contribution in [0.15, 0.2) is 24.3 Å². The smallest absolute Gasteiger partial charge is 0.237 e. The van der Waals surface area contributed by atoms with Crippen LogP contribution in [0.1, 0.15) is 24.8 Å². The first-order valence-corrected chi connectivity index (χ1v) is 12.1. The first kappa shape index (κ1) is 21.6. The average Bonchev–Trinajstić information content (AvgIpc) is 2.78. The number of rotatable bonds is 5. The van der Waals surface area contributed by atoms with Crippen LogP contribution >= 0.6 is 11.8 Å². The van der Waals surface area contributed by atoms with Gasteiger partial charge in [0.05, 0.1) is 12.5 Å². The molecule has 6 nitrogen and oxygen atoms in total. The summed E-state index contributed by atoms with van der Waals surface area (Å²) < 4.78 is 14.1. The van der Waals surface area contributed by atoms with Gasteiger partial charge < -0.3 is 10.2 Å². The highest BCUT2D eigenvalue weighted by atomic mass is 32.2. The maximum atomic E-state index is 14.1. The predicted octanol–water partition coefficient (Wildman–Crippen LogP) is 1.56. The van der Waals surface area contributed by atoms with Crippen LogP contribution in [-0.4, -0.2) is 89.4 Å². The number of halogens is 1. The van der Waals surface area contributed by atoms with E-state index >= 15 is 0 Å². The molecule has 2 amide bonds. The van der Waals surface area contributed by atoms with Crippen molar-refractivity contribution >= 4 is 23.6 Å². The third-order valence-corrected chi connectivity index (χ3v) is 7.46. The van der Waals surface area contributed by atoms with Crippen LogP contribution in [0.25, 0.3) is 0 Å². The van der Waals surface area contributed by atoms with Gasteiger partial charge in [0.15, 0.2) is 0 Å². The minimum absolute atomic E-state index is 0.0308. The minimum atomic E-state index is -0.539. The molecule has 3 aliphatic rings. The number of thioether (sulfide) groups is 1. The number of benzene rings is 1. The van der Waals surface area contributed by atoms with Crippen molar-refractivity contribution in [2.75, 3.05) is 50.8 Å². The van der Waals surface area contributed by atoms with Gasteiger partial charge in [-0.2, -0.15) is 11.8 Å². The van der Waals surface area contributed by atoms with Crippen molar-refractivity contribution in [3.8, 4) is 0 Å². The molecule has 0 aromatic heterocycles. The van der Waals surface area contributed by atoms with E-state index in [1.54, 1.807) is 18.2 Å². The van der Waals surface area contributed by atoms with E-state index in [1.165, 1.54) is 17.6 Å². The third-order valence-electron chi connectivity index (χ3n) is 6.52. The summed E-state index contributed by atoms with van der Waals surface area (Å²) in [6.07, 6.45) is 2.17.